The van der Waals surface area contributed by atoms with Gasteiger partial charge in [0.2, 0.25) is 0 Å². The lowest BCUT2D eigenvalue weighted by atomic mass is 9.97. The molecule has 6 nitrogen and oxygen atoms in total. The number of halogens is 1. The number of fused-ring (bicyclic) bond motifs is 4. The van der Waals surface area contributed by atoms with Crippen molar-refractivity contribution >= 4 is 38.6 Å². The van der Waals surface area contributed by atoms with E-state index in [0.717, 1.165) is 37.6 Å². The van der Waals surface area contributed by atoms with Crippen LogP contribution in [0.25, 0.3) is 10.9 Å². The summed E-state index contributed by atoms with van der Waals surface area (Å²) in [6.07, 6.45) is 0. The van der Waals surface area contributed by atoms with E-state index in [1.165, 1.54) is 0 Å². The van der Waals surface area contributed by atoms with Crippen LogP contribution in [0, 0.1) is 0 Å². The molecular weight excluding hydrogens is 434 g/mol. The Bertz CT molecular complexity index is 1150. The number of rotatable bonds is 2. The lowest BCUT2D eigenvalue weighted by molar-refractivity contribution is 0.0346. The summed E-state index contributed by atoms with van der Waals surface area (Å²) >= 11 is 3.50. The number of ether oxygens (including phenoxy) is 2. The van der Waals surface area contributed by atoms with Crippen LogP contribution < -0.4 is 5.73 Å². The van der Waals surface area contributed by atoms with E-state index in [0.29, 0.717) is 37.8 Å². The van der Waals surface area contributed by atoms with Crippen molar-refractivity contribution in [3.8, 4) is 0 Å². The average molecular weight is 454 g/mol. The normalized spacial score (nSPS) is 17.8. The molecule has 2 aromatic carbocycles. The molecule has 3 aromatic rings. The number of likely N-dealkylation sites (N-methyl/N-ethyl adjacent to an activating group) is 1. The zero-order valence-corrected chi connectivity index (χ0v) is 17.5. The van der Waals surface area contributed by atoms with Gasteiger partial charge in [-0.05, 0) is 47.0 Å². The van der Waals surface area contributed by atoms with Gasteiger partial charge in [0.1, 0.15) is 5.82 Å². The van der Waals surface area contributed by atoms with Crippen LogP contribution in [-0.4, -0.2) is 29.4 Å². The van der Waals surface area contributed by atoms with Crippen LogP contribution >= 0.6 is 15.9 Å². The molecule has 0 aliphatic carbocycles. The summed E-state index contributed by atoms with van der Waals surface area (Å²) in [6, 6.07) is 11.6. The van der Waals surface area contributed by atoms with Gasteiger partial charge in [-0.2, -0.15) is 0 Å². The number of amides is 1. The summed E-state index contributed by atoms with van der Waals surface area (Å²) in [5, 5.41) is 0.926. The summed E-state index contributed by atoms with van der Waals surface area (Å²) in [6.45, 7) is 1.99. The van der Waals surface area contributed by atoms with Crippen molar-refractivity contribution in [2.45, 2.75) is 25.9 Å². The van der Waals surface area contributed by atoms with Crippen LogP contribution in [0.1, 0.15) is 38.7 Å². The second-order valence-electron chi connectivity index (χ2n) is 7.47. The molecule has 0 radical (unpaired) electrons. The Morgan fingerprint density at radius 1 is 1.14 bits per heavy atom. The van der Waals surface area contributed by atoms with Crippen molar-refractivity contribution < 1.29 is 14.3 Å². The molecule has 0 saturated heterocycles. The molecule has 148 valence electrons. The molecule has 1 atom stereocenters. The van der Waals surface area contributed by atoms with Crippen LogP contribution in [0.5, 0.6) is 0 Å². The van der Waals surface area contributed by atoms with Gasteiger partial charge in [-0.25, -0.2) is 4.98 Å². The first-order valence-electron chi connectivity index (χ1n) is 9.45. The number of pyridine rings is 1. The second kappa shape index (κ2) is 7.09. The quantitative estimate of drug-likeness (QED) is 0.635. The second-order valence-corrected chi connectivity index (χ2v) is 8.38. The number of hydrogen-bond donors (Lipinski definition) is 1. The number of nitrogens with zero attached hydrogens (tertiary/aromatic N) is 2. The maximum Gasteiger partial charge on any atom is 0.254 e. The molecule has 3 heterocycles. The van der Waals surface area contributed by atoms with Gasteiger partial charge < -0.3 is 20.1 Å². The highest BCUT2D eigenvalue weighted by molar-refractivity contribution is 9.10. The van der Waals surface area contributed by atoms with Gasteiger partial charge in [0.15, 0.2) is 0 Å². The summed E-state index contributed by atoms with van der Waals surface area (Å²) in [4.78, 5) is 19.5. The molecule has 7 heteroatoms. The molecule has 0 saturated carbocycles. The Kier molecular flexibility index (Phi) is 4.53. The molecule has 1 aromatic heterocycles. The van der Waals surface area contributed by atoms with Gasteiger partial charge in [-0.15, -0.1) is 0 Å². The minimum absolute atomic E-state index is 0.0549. The third kappa shape index (κ3) is 3.10. The highest BCUT2D eigenvalue weighted by atomic mass is 79.9. The largest absolute Gasteiger partial charge is 0.383 e. The van der Waals surface area contributed by atoms with Crippen molar-refractivity contribution in [1.82, 2.24) is 9.88 Å². The van der Waals surface area contributed by atoms with E-state index >= 15 is 0 Å². The Balaban J connectivity index is 1.51. The minimum Gasteiger partial charge on any atom is -0.383 e. The maximum atomic E-state index is 13.3. The lowest BCUT2D eigenvalue weighted by Crippen LogP contribution is -2.36. The Morgan fingerprint density at radius 3 is 2.83 bits per heavy atom. The van der Waals surface area contributed by atoms with Crippen LogP contribution in [0.3, 0.4) is 0 Å². The lowest BCUT2D eigenvalue weighted by Gasteiger charge is -2.33. The van der Waals surface area contributed by atoms with Gasteiger partial charge in [0.25, 0.3) is 5.91 Å². The molecule has 0 spiro atoms. The highest BCUT2D eigenvalue weighted by Gasteiger charge is 2.29. The van der Waals surface area contributed by atoms with Gasteiger partial charge >= 0.3 is 0 Å². The number of hydrogen-bond acceptors (Lipinski definition) is 5. The zero-order valence-electron chi connectivity index (χ0n) is 15.9. The molecule has 2 aliphatic heterocycles. The first kappa shape index (κ1) is 18.5. The SMILES string of the molecule is CN(C(=O)c1ccc2nc(N)c3c(c2c1)COC3)[C@H]1COCc2cc(Br)ccc21. The van der Waals surface area contributed by atoms with Gasteiger partial charge in [-0.3, -0.25) is 4.79 Å². The topological polar surface area (TPSA) is 77.7 Å². The van der Waals surface area contributed by atoms with E-state index in [2.05, 4.69) is 33.0 Å². The minimum atomic E-state index is -0.131. The molecule has 0 fully saturated rings. The number of carbonyl (C=O) groups excluding carboxylic acids is 1. The smallest absolute Gasteiger partial charge is 0.254 e. The molecule has 2 N–H and O–H groups in total. The first-order valence-corrected chi connectivity index (χ1v) is 10.2. The van der Waals surface area contributed by atoms with Crippen molar-refractivity contribution in [1.29, 1.82) is 0 Å². The summed E-state index contributed by atoms with van der Waals surface area (Å²) < 4.78 is 12.3. The fraction of sp³-hybridized carbons (Fsp3) is 0.273. The van der Waals surface area contributed by atoms with E-state index in [-0.39, 0.29) is 11.9 Å². The van der Waals surface area contributed by atoms with Crippen LogP contribution in [-0.2, 0) is 29.3 Å². The standard InChI is InChI=1S/C22H20BrN3O3/c1-26(20-11-28-8-13-6-14(23)3-4-15(13)20)22(27)12-2-5-19-16(7-12)17-9-29-10-18(17)21(24)25-19/h2-7,20H,8-11H2,1H3,(H2,24,25)/t20-/m0/s1. The van der Waals surface area contributed by atoms with Crippen LogP contribution in [0.4, 0.5) is 5.82 Å². The number of aromatic nitrogens is 1. The van der Waals surface area contributed by atoms with E-state index < -0.39 is 0 Å². The van der Waals surface area contributed by atoms with E-state index in [9.17, 15) is 4.79 Å². The molecule has 2 aliphatic rings. The Labute approximate surface area is 176 Å². The maximum absolute atomic E-state index is 13.3. The van der Waals surface area contributed by atoms with Crippen molar-refractivity contribution in [3.63, 3.8) is 0 Å². The van der Waals surface area contributed by atoms with Crippen molar-refractivity contribution in [2.75, 3.05) is 19.4 Å². The number of carbonyl (C=O) groups is 1. The number of nitrogens with two attached hydrogens (primary N) is 1. The molecular formula is C22H20BrN3O3. The van der Waals surface area contributed by atoms with Crippen molar-refractivity contribution in [3.05, 3.63) is 68.7 Å². The van der Waals surface area contributed by atoms with Crippen molar-refractivity contribution in [2.24, 2.45) is 0 Å². The van der Waals surface area contributed by atoms with E-state index in [1.807, 2.05) is 31.3 Å². The third-order valence-corrected chi connectivity index (χ3v) is 6.25. The Hall–Kier alpha value is -2.48. The fourth-order valence-electron chi connectivity index (χ4n) is 4.16. The number of anilines is 1. The molecule has 5 rings (SSSR count). The molecule has 0 unspecified atom stereocenters. The van der Waals surface area contributed by atoms with Gasteiger partial charge in [0, 0.05) is 28.0 Å². The average Bonchev–Trinajstić information content (AvgIpc) is 3.23. The third-order valence-electron chi connectivity index (χ3n) is 5.76. The molecule has 1 amide bonds. The van der Waals surface area contributed by atoms with E-state index in [1.54, 1.807) is 4.90 Å². The summed E-state index contributed by atoms with van der Waals surface area (Å²) in [7, 11) is 1.83. The predicted molar refractivity (Wildman–Crippen MR) is 113 cm³/mol. The number of benzene rings is 2. The first-order chi connectivity index (χ1) is 14.0. The number of nitrogen functional groups attached to an aromatic ring is 1. The fourth-order valence-corrected chi connectivity index (χ4v) is 4.57. The summed E-state index contributed by atoms with van der Waals surface area (Å²) in [5.41, 5.74) is 11.6. The van der Waals surface area contributed by atoms with Crippen LogP contribution in [0.15, 0.2) is 40.9 Å². The zero-order chi connectivity index (χ0) is 20.1. The van der Waals surface area contributed by atoms with Gasteiger partial charge in [0.05, 0.1) is 38.0 Å². The monoisotopic (exact) mass is 453 g/mol. The van der Waals surface area contributed by atoms with Crippen LogP contribution in [0.2, 0.25) is 0 Å². The van der Waals surface area contributed by atoms with Gasteiger partial charge in [-0.1, -0.05) is 22.0 Å². The molecule has 29 heavy (non-hydrogen) atoms. The predicted octanol–water partition coefficient (Wildman–Crippen LogP) is 3.95. The van der Waals surface area contributed by atoms with E-state index in [4.69, 9.17) is 15.2 Å². The molecule has 0 bridgehead atoms. The Morgan fingerprint density at radius 2 is 1.97 bits per heavy atom. The summed E-state index contributed by atoms with van der Waals surface area (Å²) in [5.74, 6) is 0.448. The highest BCUT2D eigenvalue weighted by Crippen LogP contribution is 2.34.